The van der Waals surface area contributed by atoms with Gasteiger partial charge in [0.15, 0.2) is 0 Å². The Morgan fingerprint density at radius 1 is 1.24 bits per heavy atom. The molecule has 0 radical (unpaired) electrons. The summed E-state index contributed by atoms with van der Waals surface area (Å²) < 4.78 is 32.9. The average Bonchev–Trinajstić information content (AvgIpc) is 2.42. The summed E-state index contributed by atoms with van der Waals surface area (Å²) in [7, 11) is 0. The van der Waals surface area contributed by atoms with Crippen molar-refractivity contribution in [1.82, 2.24) is 0 Å². The third-order valence-corrected chi connectivity index (χ3v) is 3.61. The molecule has 0 bridgehead atoms. The van der Waals surface area contributed by atoms with Crippen molar-refractivity contribution in [3.8, 4) is 16.9 Å². The number of benzene rings is 2. The molecule has 0 aliphatic carbocycles. The van der Waals surface area contributed by atoms with Crippen molar-refractivity contribution < 1.29 is 13.5 Å². The number of ether oxygens (including phenoxy) is 1. The van der Waals surface area contributed by atoms with E-state index in [1.165, 1.54) is 18.2 Å². The summed E-state index contributed by atoms with van der Waals surface area (Å²) in [4.78, 5) is 0. The van der Waals surface area contributed by atoms with Gasteiger partial charge in [-0.1, -0.05) is 12.1 Å². The second kappa shape index (κ2) is 6.85. The second-order valence-electron chi connectivity index (χ2n) is 4.72. The molecule has 0 saturated carbocycles. The van der Waals surface area contributed by atoms with Gasteiger partial charge in [-0.05, 0) is 52.7 Å². The van der Waals surface area contributed by atoms with Crippen LogP contribution in [-0.4, -0.2) is 6.10 Å². The van der Waals surface area contributed by atoms with Crippen LogP contribution in [-0.2, 0) is 0 Å². The Morgan fingerprint density at radius 3 is 2.67 bits per heavy atom. The summed E-state index contributed by atoms with van der Waals surface area (Å²) in [5, 5.41) is 0. The van der Waals surface area contributed by atoms with E-state index < -0.39 is 0 Å². The highest BCUT2D eigenvalue weighted by Gasteiger charge is 2.12. The fourth-order valence-corrected chi connectivity index (χ4v) is 2.37. The Bertz CT molecular complexity index is 655. The number of rotatable bonds is 5. The molecule has 1 nitrogen and oxygen atoms in total. The van der Waals surface area contributed by atoms with Gasteiger partial charge < -0.3 is 4.74 Å². The molecule has 4 heteroatoms. The Hall–Kier alpha value is -1.68. The molecule has 1 atom stereocenters. The van der Waals surface area contributed by atoms with Gasteiger partial charge in [0.25, 0.3) is 0 Å². The lowest BCUT2D eigenvalue weighted by Crippen LogP contribution is -2.11. The van der Waals surface area contributed by atoms with Crippen LogP contribution in [0.15, 0.2) is 53.5 Å². The van der Waals surface area contributed by atoms with E-state index in [9.17, 15) is 8.78 Å². The molecule has 0 aliphatic heterocycles. The molecule has 2 rings (SSSR count). The molecule has 0 spiro atoms. The Balaban J connectivity index is 2.42. The van der Waals surface area contributed by atoms with E-state index in [0.29, 0.717) is 22.2 Å². The van der Waals surface area contributed by atoms with Gasteiger partial charge in [0.05, 0.1) is 10.6 Å². The fraction of sp³-hybridized carbons (Fsp3) is 0.176. The molecule has 0 fully saturated rings. The first-order valence-electron chi connectivity index (χ1n) is 6.53. The fourth-order valence-electron chi connectivity index (χ4n) is 2.00. The summed E-state index contributed by atoms with van der Waals surface area (Å²) in [6.07, 6.45) is 2.29. The maximum absolute atomic E-state index is 13.5. The van der Waals surface area contributed by atoms with Crippen LogP contribution in [0.2, 0.25) is 0 Å². The summed E-state index contributed by atoms with van der Waals surface area (Å²) in [6.45, 7) is 5.55. The van der Waals surface area contributed by atoms with E-state index in [0.717, 1.165) is 5.56 Å². The van der Waals surface area contributed by atoms with Crippen LogP contribution >= 0.6 is 15.9 Å². The Labute approximate surface area is 131 Å². The molecule has 110 valence electrons. The molecule has 0 saturated heterocycles. The van der Waals surface area contributed by atoms with Gasteiger partial charge in [-0.15, -0.1) is 6.58 Å². The highest BCUT2D eigenvalue weighted by atomic mass is 79.9. The zero-order chi connectivity index (χ0) is 15.4. The molecule has 0 heterocycles. The molecular formula is C17H15BrF2O. The highest BCUT2D eigenvalue weighted by Crippen LogP contribution is 2.33. The summed E-state index contributed by atoms with van der Waals surface area (Å²) in [6, 6.07) is 8.97. The van der Waals surface area contributed by atoms with Gasteiger partial charge in [0.2, 0.25) is 0 Å². The largest absolute Gasteiger partial charge is 0.490 e. The zero-order valence-corrected chi connectivity index (χ0v) is 13.2. The summed E-state index contributed by atoms with van der Waals surface area (Å²) in [5.74, 6) is -0.285. The third kappa shape index (κ3) is 3.91. The van der Waals surface area contributed by atoms with E-state index in [1.807, 2.05) is 6.92 Å². The number of hydrogen-bond donors (Lipinski definition) is 0. The van der Waals surface area contributed by atoms with Crippen molar-refractivity contribution in [1.29, 1.82) is 0 Å². The van der Waals surface area contributed by atoms with Crippen LogP contribution in [0.25, 0.3) is 11.1 Å². The maximum Gasteiger partial charge on any atom is 0.137 e. The van der Waals surface area contributed by atoms with E-state index in [2.05, 4.69) is 22.5 Å². The standard InChI is InChI=1S/C17H15BrF2O/c1-3-4-11(2)21-17-10-13(19)6-7-14(17)12-5-8-16(20)15(18)9-12/h3,5-11H,1,4H2,2H3. The first-order valence-corrected chi connectivity index (χ1v) is 7.33. The van der Waals surface area contributed by atoms with E-state index in [4.69, 9.17) is 4.74 Å². The van der Waals surface area contributed by atoms with Crippen molar-refractivity contribution >= 4 is 15.9 Å². The molecule has 0 aromatic heterocycles. The molecule has 21 heavy (non-hydrogen) atoms. The summed E-state index contributed by atoms with van der Waals surface area (Å²) in [5.41, 5.74) is 1.47. The normalized spacial score (nSPS) is 12.0. The molecule has 0 N–H and O–H groups in total. The van der Waals surface area contributed by atoms with E-state index in [-0.39, 0.29) is 17.7 Å². The van der Waals surface area contributed by atoms with Gasteiger partial charge in [0, 0.05) is 18.1 Å². The monoisotopic (exact) mass is 352 g/mol. The van der Waals surface area contributed by atoms with Gasteiger partial charge in [-0.2, -0.15) is 0 Å². The van der Waals surface area contributed by atoms with Crippen molar-refractivity contribution in [2.45, 2.75) is 19.4 Å². The lowest BCUT2D eigenvalue weighted by Gasteiger charge is -2.17. The van der Waals surface area contributed by atoms with Crippen molar-refractivity contribution in [3.05, 3.63) is 65.2 Å². The predicted octanol–water partition coefficient (Wildman–Crippen LogP) is 5.74. The van der Waals surface area contributed by atoms with Crippen molar-refractivity contribution in [2.24, 2.45) is 0 Å². The smallest absolute Gasteiger partial charge is 0.137 e. The van der Waals surface area contributed by atoms with Crippen LogP contribution in [0.1, 0.15) is 13.3 Å². The lowest BCUT2D eigenvalue weighted by atomic mass is 10.0. The Kier molecular flexibility index (Phi) is 5.12. The lowest BCUT2D eigenvalue weighted by molar-refractivity contribution is 0.225. The quantitative estimate of drug-likeness (QED) is 0.623. The molecule has 2 aromatic carbocycles. The van der Waals surface area contributed by atoms with E-state index >= 15 is 0 Å². The minimum atomic E-state index is -0.374. The average molecular weight is 353 g/mol. The maximum atomic E-state index is 13.5. The van der Waals surface area contributed by atoms with Crippen LogP contribution in [0.4, 0.5) is 8.78 Å². The summed E-state index contributed by atoms with van der Waals surface area (Å²) >= 11 is 3.15. The van der Waals surface area contributed by atoms with Crippen LogP contribution < -0.4 is 4.74 Å². The predicted molar refractivity (Wildman–Crippen MR) is 84.4 cm³/mol. The van der Waals surface area contributed by atoms with E-state index in [1.54, 1.807) is 24.3 Å². The zero-order valence-electron chi connectivity index (χ0n) is 11.6. The minimum absolute atomic E-state index is 0.119. The first kappa shape index (κ1) is 15.7. The van der Waals surface area contributed by atoms with Crippen LogP contribution in [0.3, 0.4) is 0 Å². The molecule has 1 unspecified atom stereocenters. The van der Waals surface area contributed by atoms with Crippen LogP contribution in [0, 0.1) is 11.6 Å². The minimum Gasteiger partial charge on any atom is -0.490 e. The van der Waals surface area contributed by atoms with Gasteiger partial charge in [-0.3, -0.25) is 0 Å². The van der Waals surface area contributed by atoms with Crippen molar-refractivity contribution in [3.63, 3.8) is 0 Å². The van der Waals surface area contributed by atoms with Gasteiger partial charge in [-0.25, -0.2) is 8.78 Å². The highest BCUT2D eigenvalue weighted by molar-refractivity contribution is 9.10. The number of halogens is 3. The SMILES string of the molecule is C=CCC(C)Oc1cc(F)ccc1-c1ccc(F)c(Br)c1. The number of hydrogen-bond acceptors (Lipinski definition) is 1. The van der Waals surface area contributed by atoms with Crippen molar-refractivity contribution in [2.75, 3.05) is 0 Å². The topological polar surface area (TPSA) is 9.23 Å². The first-order chi connectivity index (χ1) is 10.0. The molecule has 0 amide bonds. The van der Waals surface area contributed by atoms with Gasteiger partial charge >= 0.3 is 0 Å². The Morgan fingerprint density at radius 2 is 2.00 bits per heavy atom. The van der Waals surface area contributed by atoms with Crippen LogP contribution in [0.5, 0.6) is 5.75 Å². The van der Waals surface area contributed by atoms with Gasteiger partial charge in [0.1, 0.15) is 17.4 Å². The second-order valence-corrected chi connectivity index (χ2v) is 5.58. The molecule has 2 aromatic rings. The third-order valence-electron chi connectivity index (χ3n) is 3.00. The molecular weight excluding hydrogens is 338 g/mol. The molecule has 0 aliphatic rings.